The fourth-order valence-electron chi connectivity index (χ4n) is 4.71. The van der Waals surface area contributed by atoms with E-state index in [0.717, 1.165) is 38.9 Å². The molecule has 4 nitrogen and oxygen atoms in total. The van der Waals surface area contributed by atoms with Crippen molar-refractivity contribution in [2.75, 3.05) is 19.6 Å². The van der Waals surface area contributed by atoms with Gasteiger partial charge in [-0.05, 0) is 75.4 Å². The molecule has 2 aromatic carbocycles. The topological polar surface area (TPSA) is 43.8 Å². The number of likely N-dealkylation sites (tertiary alicyclic amines) is 2. The summed E-state index contributed by atoms with van der Waals surface area (Å²) >= 11 is 0. The van der Waals surface area contributed by atoms with Gasteiger partial charge in [0.25, 0.3) is 0 Å². The summed E-state index contributed by atoms with van der Waals surface area (Å²) in [6.45, 7) is 7.66. The van der Waals surface area contributed by atoms with Gasteiger partial charge in [-0.25, -0.2) is 0 Å². The Balaban J connectivity index is 1.38. The average Bonchev–Trinajstić information content (AvgIpc) is 3.00. The molecule has 2 saturated heterocycles. The summed E-state index contributed by atoms with van der Waals surface area (Å²) < 4.78 is 0. The summed E-state index contributed by atoms with van der Waals surface area (Å²) in [6, 6.07) is 16.1. The number of amides is 1. The van der Waals surface area contributed by atoms with Gasteiger partial charge < -0.3 is 10.0 Å². The van der Waals surface area contributed by atoms with Crippen LogP contribution >= 0.6 is 0 Å². The van der Waals surface area contributed by atoms with Crippen LogP contribution in [0.3, 0.4) is 0 Å². The molecule has 2 heterocycles. The van der Waals surface area contributed by atoms with Crippen LogP contribution in [0.5, 0.6) is 5.75 Å². The van der Waals surface area contributed by atoms with Crippen LogP contribution in [-0.4, -0.2) is 46.0 Å². The van der Waals surface area contributed by atoms with E-state index in [-0.39, 0.29) is 11.4 Å². The highest BCUT2D eigenvalue weighted by atomic mass is 16.3. The molecule has 0 radical (unpaired) electrons. The molecule has 0 bridgehead atoms. The highest BCUT2D eigenvalue weighted by Crippen LogP contribution is 2.36. The van der Waals surface area contributed by atoms with Crippen molar-refractivity contribution in [2.24, 2.45) is 0 Å². The van der Waals surface area contributed by atoms with Crippen LogP contribution in [0.2, 0.25) is 0 Å². The highest BCUT2D eigenvalue weighted by Gasteiger charge is 2.47. The average molecular weight is 379 g/mol. The van der Waals surface area contributed by atoms with Crippen molar-refractivity contribution in [1.29, 1.82) is 0 Å². The Morgan fingerprint density at radius 1 is 1.00 bits per heavy atom. The van der Waals surface area contributed by atoms with Gasteiger partial charge in [0.1, 0.15) is 5.75 Å². The summed E-state index contributed by atoms with van der Waals surface area (Å²) in [5.41, 5.74) is 3.37. The zero-order chi connectivity index (χ0) is 19.7. The van der Waals surface area contributed by atoms with Crippen LogP contribution in [0, 0.1) is 6.92 Å². The molecule has 2 aromatic rings. The zero-order valence-electron chi connectivity index (χ0n) is 16.9. The van der Waals surface area contributed by atoms with Crippen LogP contribution in [0.15, 0.2) is 48.5 Å². The van der Waals surface area contributed by atoms with Gasteiger partial charge in [-0.3, -0.25) is 9.69 Å². The first-order valence-electron chi connectivity index (χ1n) is 10.3. The van der Waals surface area contributed by atoms with Gasteiger partial charge in [0.2, 0.25) is 5.91 Å². The maximum Gasteiger partial charge on any atom is 0.243 e. The molecule has 1 N–H and O–H groups in total. The Bertz CT molecular complexity index is 823. The summed E-state index contributed by atoms with van der Waals surface area (Å²) in [7, 11) is 0. The van der Waals surface area contributed by atoms with Crippen molar-refractivity contribution in [2.45, 2.75) is 51.1 Å². The van der Waals surface area contributed by atoms with E-state index in [1.54, 1.807) is 12.1 Å². The van der Waals surface area contributed by atoms with Crippen molar-refractivity contribution >= 4 is 5.91 Å². The lowest BCUT2D eigenvalue weighted by molar-refractivity contribution is -0.138. The van der Waals surface area contributed by atoms with E-state index in [9.17, 15) is 9.90 Å². The molecule has 0 spiro atoms. The monoisotopic (exact) mass is 378 g/mol. The summed E-state index contributed by atoms with van der Waals surface area (Å²) in [6.07, 6.45) is 3.03. The van der Waals surface area contributed by atoms with Crippen LogP contribution < -0.4 is 0 Å². The Labute approximate surface area is 167 Å². The summed E-state index contributed by atoms with van der Waals surface area (Å²) in [5, 5.41) is 9.50. The zero-order valence-corrected chi connectivity index (χ0v) is 16.9. The fraction of sp³-hybridized carbons (Fsp3) is 0.458. The number of piperidine rings is 1. The minimum atomic E-state index is -0.370. The normalized spacial score (nSPS) is 24.1. The SMILES string of the molecule is Cc1ccc(CN2CC[C@](C)(N3CCC(c4ccc(O)cc4)CC3)C2=O)cc1. The maximum absolute atomic E-state index is 13.2. The smallest absolute Gasteiger partial charge is 0.243 e. The molecule has 0 unspecified atom stereocenters. The Hall–Kier alpha value is -2.33. The summed E-state index contributed by atoms with van der Waals surface area (Å²) in [4.78, 5) is 17.7. The van der Waals surface area contributed by atoms with E-state index in [1.165, 1.54) is 16.7 Å². The molecule has 4 heteroatoms. The van der Waals surface area contributed by atoms with Crippen LogP contribution in [-0.2, 0) is 11.3 Å². The van der Waals surface area contributed by atoms with Gasteiger partial charge in [0.15, 0.2) is 0 Å². The number of carbonyl (C=O) groups is 1. The second-order valence-corrected chi connectivity index (χ2v) is 8.59. The van der Waals surface area contributed by atoms with Crippen molar-refractivity contribution in [3.05, 3.63) is 65.2 Å². The number of hydrogen-bond acceptors (Lipinski definition) is 3. The molecule has 2 aliphatic heterocycles. The summed E-state index contributed by atoms with van der Waals surface area (Å²) in [5.74, 6) is 1.11. The lowest BCUT2D eigenvalue weighted by Gasteiger charge is -2.41. The van der Waals surface area contributed by atoms with Crippen molar-refractivity contribution in [3.63, 3.8) is 0 Å². The van der Waals surface area contributed by atoms with Crippen molar-refractivity contribution in [1.82, 2.24) is 9.80 Å². The second-order valence-electron chi connectivity index (χ2n) is 8.59. The lowest BCUT2D eigenvalue weighted by atomic mass is 9.86. The Kier molecular flexibility index (Phi) is 5.15. The number of carbonyl (C=O) groups excluding carboxylic acids is 1. The highest BCUT2D eigenvalue weighted by molar-refractivity contribution is 5.88. The van der Waals surface area contributed by atoms with E-state index >= 15 is 0 Å². The third-order valence-electron chi connectivity index (χ3n) is 6.67. The van der Waals surface area contributed by atoms with Gasteiger partial charge in [0, 0.05) is 13.1 Å². The fourth-order valence-corrected chi connectivity index (χ4v) is 4.71. The number of benzene rings is 2. The van der Waals surface area contributed by atoms with E-state index in [0.29, 0.717) is 18.2 Å². The molecule has 0 saturated carbocycles. The van der Waals surface area contributed by atoms with Crippen molar-refractivity contribution in [3.8, 4) is 5.75 Å². The van der Waals surface area contributed by atoms with Crippen LogP contribution in [0.4, 0.5) is 0 Å². The molecule has 1 atom stereocenters. The largest absolute Gasteiger partial charge is 0.508 e. The molecule has 148 valence electrons. The lowest BCUT2D eigenvalue weighted by Crippen LogP contribution is -2.54. The predicted molar refractivity (Wildman–Crippen MR) is 111 cm³/mol. The molecule has 2 aliphatic rings. The van der Waals surface area contributed by atoms with Crippen LogP contribution in [0.1, 0.15) is 48.8 Å². The van der Waals surface area contributed by atoms with Gasteiger partial charge >= 0.3 is 0 Å². The number of rotatable bonds is 4. The van der Waals surface area contributed by atoms with Gasteiger partial charge in [-0.2, -0.15) is 0 Å². The van der Waals surface area contributed by atoms with Gasteiger partial charge in [0.05, 0.1) is 5.54 Å². The number of hydrogen-bond donors (Lipinski definition) is 1. The minimum absolute atomic E-state index is 0.274. The molecule has 4 rings (SSSR count). The minimum Gasteiger partial charge on any atom is -0.508 e. The maximum atomic E-state index is 13.2. The van der Waals surface area contributed by atoms with Crippen molar-refractivity contribution < 1.29 is 9.90 Å². The molecular formula is C24H30N2O2. The van der Waals surface area contributed by atoms with E-state index < -0.39 is 0 Å². The predicted octanol–water partition coefficient (Wildman–Crippen LogP) is 4.07. The van der Waals surface area contributed by atoms with Crippen LogP contribution in [0.25, 0.3) is 0 Å². The first kappa shape index (κ1) is 19.0. The van der Waals surface area contributed by atoms with Gasteiger partial charge in [-0.15, -0.1) is 0 Å². The van der Waals surface area contributed by atoms with E-state index in [4.69, 9.17) is 0 Å². The third kappa shape index (κ3) is 3.66. The molecule has 1 amide bonds. The van der Waals surface area contributed by atoms with E-state index in [1.807, 2.05) is 17.0 Å². The molecular weight excluding hydrogens is 348 g/mol. The Morgan fingerprint density at radius 3 is 2.29 bits per heavy atom. The number of aromatic hydroxyl groups is 1. The molecule has 28 heavy (non-hydrogen) atoms. The molecule has 0 aromatic heterocycles. The number of phenols is 1. The molecule has 0 aliphatic carbocycles. The second kappa shape index (κ2) is 7.59. The molecule has 2 fully saturated rings. The Morgan fingerprint density at radius 2 is 1.64 bits per heavy atom. The number of aryl methyl sites for hydroxylation is 1. The third-order valence-corrected chi connectivity index (χ3v) is 6.67. The van der Waals surface area contributed by atoms with E-state index in [2.05, 4.69) is 43.0 Å². The number of phenolic OH excluding ortho intramolecular Hbond substituents is 1. The van der Waals surface area contributed by atoms with Gasteiger partial charge in [-0.1, -0.05) is 42.0 Å². The first-order valence-corrected chi connectivity index (χ1v) is 10.3. The quantitative estimate of drug-likeness (QED) is 0.872. The standard InChI is InChI=1S/C24H30N2O2/c1-18-3-5-19(6-4-18)17-25-16-13-24(2,23(25)28)26-14-11-21(12-15-26)20-7-9-22(27)10-8-20/h3-10,21,27H,11-17H2,1-2H3/t24-/m0/s1. The number of nitrogens with zero attached hydrogens (tertiary/aromatic N) is 2. The first-order chi connectivity index (χ1) is 13.5.